The Morgan fingerprint density at radius 3 is 2.31 bits per heavy atom. The van der Waals surface area contributed by atoms with E-state index in [1.807, 2.05) is 67.6 Å². The van der Waals surface area contributed by atoms with E-state index in [2.05, 4.69) is 45.6 Å². The van der Waals surface area contributed by atoms with Gasteiger partial charge in [-0.3, -0.25) is 4.79 Å². The Bertz CT molecular complexity index is 2010. The number of carbonyl (C=O) groups is 2. The molecule has 45 heavy (non-hydrogen) atoms. The summed E-state index contributed by atoms with van der Waals surface area (Å²) in [5.74, 6) is -0.0905. The van der Waals surface area contributed by atoms with Gasteiger partial charge in [0, 0.05) is 45.8 Å². The third-order valence-electron chi connectivity index (χ3n) is 7.81. The first-order chi connectivity index (χ1) is 21.8. The minimum atomic E-state index is -0.955. The van der Waals surface area contributed by atoms with E-state index in [0.29, 0.717) is 18.1 Å². The average molecular weight is 601 g/mol. The lowest BCUT2D eigenvalue weighted by atomic mass is 10.1. The summed E-state index contributed by atoms with van der Waals surface area (Å²) < 4.78 is 15.9. The maximum atomic E-state index is 12.8. The van der Waals surface area contributed by atoms with Crippen LogP contribution in [0.15, 0.2) is 107 Å². The molecule has 0 saturated carbocycles. The van der Waals surface area contributed by atoms with Crippen molar-refractivity contribution in [3.63, 3.8) is 0 Å². The Kier molecular flexibility index (Phi) is 8.07. The van der Waals surface area contributed by atoms with E-state index in [-0.39, 0.29) is 17.9 Å². The van der Waals surface area contributed by atoms with Gasteiger partial charge in [0.15, 0.2) is 5.76 Å². The summed E-state index contributed by atoms with van der Waals surface area (Å²) in [5, 5.41) is 14.4. The first kappa shape index (κ1) is 29.3. The fourth-order valence-corrected chi connectivity index (χ4v) is 5.47. The number of ether oxygens (including phenoxy) is 1. The van der Waals surface area contributed by atoms with E-state index in [1.54, 1.807) is 30.5 Å². The van der Waals surface area contributed by atoms with Crippen LogP contribution in [0.3, 0.4) is 0 Å². The molecular weight excluding hydrogens is 568 g/mol. The van der Waals surface area contributed by atoms with Crippen molar-refractivity contribution in [2.75, 3.05) is 0 Å². The predicted molar refractivity (Wildman–Crippen MR) is 173 cm³/mol. The lowest BCUT2D eigenvalue weighted by Gasteiger charge is -2.10. The van der Waals surface area contributed by atoms with E-state index in [0.717, 1.165) is 44.8 Å². The van der Waals surface area contributed by atoms with Crippen molar-refractivity contribution >= 4 is 29.0 Å². The van der Waals surface area contributed by atoms with Crippen molar-refractivity contribution in [3.8, 4) is 11.4 Å². The lowest BCUT2D eigenvalue weighted by Crippen LogP contribution is -2.16. The van der Waals surface area contributed by atoms with Gasteiger partial charge in [0.05, 0.1) is 11.8 Å². The quantitative estimate of drug-likeness (QED) is 0.129. The molecule has 1 amide bonds. The molecule has 6 aromatic rings. The average Bonchev–Trinajstić information content (AvgIpc) is 3.73. The number of carboxylic acid groups (broad SMARTS) is 1. The number of para-hydroxylation sites is 1. The van der Waals surface area contributed by atoms with E-state index in [1.165, 1.54) is 0 Å². The maximum Gasteiger partial charge on any atom is 0.335 e. The van der Waals surface area contributed by atoms with Gasteiger partial charge < -0.3 is 23.4 Å². The molecule has 0 bridgehead atoms. The molecule has 0 aliphatic heterocycles. The Morgan fingerprint density at radius 2 is 1.60 bits per heavy atom. The molecular formula is C36H32N4O5. The molecule has 0 unspecified atom stereocenters. The van der Waals surface area contributed by atoms with Crippen LogP contribution in [0.4, 0.5) is 0 Å². The smallest absolute Gasteiger partial charge is 0.335 e. The van der Waals surface area contributed by atoms with Gasteiger partial charge in [-0.15, -0.1) is 0 Å². The molecule has 2 N–H and O–H groups in total. The zero-order valence-corrected chi connectivity index (χ0v) is 25.2. The number of carboxylic acids is 1. The number of aromatic carboxylic acids is 1. The number of aromatic nitrogens is 2. The van der Waals surface area contributed by atoms with E-state index < -0.39 is 11.9 Å². The molecule has 6 rings (SSSR count). The molecule has 226 valence electrons. The summed E-state index contributed by atoms with van der Waals surface area (Å²) in [6.45, 7) is 6.86. The van der Waals surface area contributed by atoms with E-state index >= 15 is 0 Å². The Balaban J connectivity index is 1.09. The SMILES string of the molecule is Cc1ccc(C)n1-c1ccc(OCc2ccc(C(=O)N/N=C/c3c(C)n(Cc4ccc(C(=O)O)cc4)c4ccccc34)o2)cc1. The third kappa shape index (κ3) is 6.14. The highest BCUT2D eigenvalue weighted by Crippen LogP contribution is 2.26. The molecule has 0 aliphatic rings. The van der Waals surface area contributed by atoms with E-state index in [9.17, 15) is 14.7 Å². The van der Waals surface area contributed by atoms with Crippen LogP contribution in [-0.2, 0) is 13.2 Å². The zero-order valence-electron chi connectivity index (χ0n) is 25.2. The number of carbonyl (C=O) groups excluding carboxylic acids is 1. The standard InChI is InChI=1S/C36H32N4O5/c1-23-8-9-24(2)40(23)28-14-16-29(17-15-28)44-22-30-18-19-34(45-30)35(41)38-37-20-32-25(3)39(33-7-5-4-6-31(32)33)21-26-10-12-27(13-11-26)36(42)43/h4-20H,21-22H2,1-3H3,(H,38,41)(H,42,43)/b37-20+. The van der Waals surface area contributed by atoms with Crippen LogP contribution in [0, 0.1) is 20.8 Å². The summed E-state index contributed by atoms with van der Waals surface area (Å²) >= 11 is 0. The Hall–Kier alpha value is -5.83. The Labute approximate surface area is 260 Å². The number of rotatable bonds is 10. The van der Waals surface area contributed by atoms with Gasteiger partial charge in [0.25, 0.3) is 0 Å². The number of furan rings is 1. The van der Waals surface area contributed by atoms with Gasteiger partial charge in [-0.1, -0.05) is 30.3 Å². The van der Waals surface area contributed by atoms with Crippen molar-refractivity contribution in [1.82, 2.24) is 14.6 Å². The lowest BCUT2D eigenvalue weighted by molar-refractivity contribution is 0.0696. The molecule has 0 atom stereocenters. The van der Waals surface area contributed by atoms with Gasteiger partial charge >= 0.3 is 11.9 Å². The van der Waals surface area contributed by atoms with Crippen LogP contribution in [-0.4, -0.2) is 32.3 Å². The molecule has 0 saturated heterocycles. The molecule has 0 spiro atoms. The molecule has 3 aromatic carbocycles. The highest BCUT2D eigenvalue weighted by atomic mass is 16.5. The van der Waals surface area contributed by atoms with Crippen molar-refractivity contribution in [1.29, 1.82) is 0 Å². The molecule has 3 aromatic heterocycles. The maximum absolute atomic E-state index is 12.8. The van der Waals surface area contributed by atoms with Gasteiger partial charge in [-0.05, 0) is 93.1 Å². The number of aryl methyl sites for hydroxylation is 2. The first-order valence-electron chi connectivity index (χ1n) is 14.5. The topological polar surface area (TPSA) is 111 Å². The second-order valence-corrected chi connectivity index (χ2v) is 10.8. The van der Waals surface area contributed by atoms with Gasteiger partial charge in [0.2, 0.25) is 0 Å². The molecule has 0 aliphatic carbocycles. The van der Waals surface area contributed by atoms with E-state index in [4.69, 9.17) is 9.15 Å². The number of benzene rings is 3. The van der Waals surface area contributed by atoms with Gasteiger partial charge in [-0.2, -0.15) is 5.10 Å². The monoisotopic (exact) mass is 600 g/mol. The summed E-state index contributed by atoms with van der Waals surface area (Å²) in [4.78, 5) is 24.0. The predicted octanol–water partition coefficient (Wildman–Crippen LogP) is 7.04. The normalized spacial score (nSPS) is 11.4. The third-order valence-corrected chi connectivity index (χ3v) is 7.81. The van der Waals surface area contributed by atoms with Crippen molar-refractivity contribution < 1.29 is 23.8 Å². The van der Waals surface area contributed by atoms with Crippen LogP contribution in [0.25, 0.3) is 16.6 Å². The number of hydrogen-bond donors (Lipinski definition) is 2. The number of fused-ring (bicyclic) bond motifs is 1. The second kappa shape index (κ2) is 12.4. The number of hydrazone groups is 1. The molecule has 3 heterocycles. The first-order valence-corrected chi connectivity index (χ1v) is 14.5. The van der Waals surface area contributed by atoms with Gasteiger partial charge in [0.1, 0.15) is 18.1 Å². The summed E-state index contributed by atoms with van der Waals surface area (Å²) in [7, 11) is 0. The minimum Gasteiger partial charge on any atom is -0.486 e. The van der Waals surface area contributed by atoms with Crippen LogP contribution < -0.4 is 10.2 Å². The molecule has 9 nitrogen and oxygen atoms in total. The van der Waals surface area contributed by atoms with Crippen LogP contribution in [0.1, 0.15) is 54.9 Å². The Morgan fingerprint density at radius 1 is 0.889 bits per heavy atom. The summed E-state index contributed by atoms with van der Waals surface area (Å²) in [6.07, 6.45) is 1.63. The fraction of sp³-hybridized carbons (Fsp3) is 0.139. The molecule has 0 fully saturated rings. The zero-order chi connectivity index (χ0) is 31.5. The number of hydrogen-bond acceptors (Lipinski definition) is 5. The van der Waals surface area contributed by atoms with Crippen molar-refractivity contribution in [3.05, 3.63) is 142 Å². The van der Waals surface area contributed by atoms with Crippen molar-refractivity contribution in [2.24, 2.45) is 5.10 Å². The largest absolute Gasteiger partial charge is 0.486 e. The second-order valence-electron chi connectivity index (χ2n) is 10.8. The summed E-state index contributed by atoms with van der Waals surface area (Å²) in [6, 6.07) is 30.1. The number of amides is 1. The van der Waals surface area contributed by atoms with Crippen LogP contribution in [0.2, 0.25) is 0 Å². The van der Waals surface area contributed by atoms with Gasteiger partial charge in [-0.25, -0.2) is 10.2 Å². The highest BCUT2D eigenvalue weighted by Gasteiger charge is 2.15. The number of nitrogens with one attached hydrogen (secondary N) is 1. The van der Waals surface area contributed by atoms with Crippen molar-refractivity contribution in [2.45, 2.75) is 33.9 Å². The minimum absolute atomic E-state index is 0.128. The van der Waals surface area contributed by atoms with Crippen LogP contribution >= 0.6 is 0 Å². The number of nitrogens with zero attached hydrogens (tertiary/aromatic N) is 3. The summed E-state index contributed by atoms with van der Waals surface area (Å²) in [5.41, 5.74) is 10.00. The fourth-order valence-electron chi connectivity index (χ4n) is 5.47. The highest BCUT2D eigenvalue weighted by molar-refractivity contribution is 6.02. The molecule has 9 heteroatoms. The van der Waals surface area contributed by atoms with Crippen LogP contribution in [0.5, 0.6) is 5.75 Å². The molecule has 0 radical (unpaired) electrons.